The molecule has 0 saturated carbocycles. The number of imidazole rings is 1. The summed E-state index contributed by atoms with van der Waals surface area (Å²) >= 11 is 0. The lowest BCUT2D eigenvalue weighted by Crippen LogP contribution is -2.50. The van der Waals surface area contributed by atoms with E-state index in [0.29, 0.717) is 6.54 Å². The number of carboxylic acids is 1. The number of aliphatic carboxylic acids is 1. The molecule has 0 amide bonds. The van der Waals surface area contributed by atoms with Crippen LogP contribution in [0.3, 0.4) is 0 Å². The largest absolute Gasteiger partial charge is 0.480 e. The third-order valence-electron chi connectivity index (χ3n) is 2.08. The predicted octanol–water partition coefficient (Wildman–Crippen LogP) is -0.0542. The SMILES string of the molecule is CNC(C)(Cn1ccnc1)C(=O)O. The van der Waals surface area contributed by atoms with Crippen molar-refractivity contribution in [2.24, 2.45) is 0 Å². The summed E-state index contributed by atoms with van der Waals surface area (Å²) in [4.78, 5) is 14.7. The number of hydrogen-bond donors (Lipinski definition) is 2. The second-order valence-electron chi connectivity index (χ2n) is 3.12. The molecule has 1 aromatic rings. The molecule has 0 aliphatic carbocycles. The molecule has 72 valence electrons. The van der Waals surface area contributed by atoms with E-state index in [1.54, 1.807) is 37.3 Å². The van der Waals surface area contributed by atoms with Crippen molar-refractivity contribution in [1.82, 2.24) is 14.9 Å². The minimum Gasteiger partial charge on any atom is -0.480 e. The van der Waals surface area contributed by atoms with Crippen LogP contribution in [0.1, 0.15) is 6.92 Å². The van der Waals surface area contributed by atoms with Crippen molar-refractivity contribution in [2.75, 3.05) is 7.05 Å². The average Bonchev–Trinajstić information content (AvgIpc) is 2.56. The lowest BCUT2D eigenvalue weighted by molar-refractivity contribution is -0.144. The fraction of sp³-hybridized carbons (Fsp3) is 0.500. The number of rotatable bonds is 4. The molecule has 0 aromatic carbocycles. The van der Waals surface area contributed by atoms with Crippen LogP contribution in [0.2, 0.25) is 0 Å². The van der Waals surface area contributed by atoms with E-state index in [2.05, 4.69) is 10.3 Å². The Balaban J connectivity index is 2.75. The molecule has 2 N–H and O–H groups in total. The number of carbonyl (C=O) groups is 1. The van der Waals surface area contributed by atoms with E-state index < -0.39 is 11.5 Å². The summed E-state index contributed by atoms with van der Waals surface area (Å²) in [5.74, 6) is -0.872. The highest BCUT2D eigenvalue weighted by atomic mass is 16.4. The molecule has 0 aliphatic rings. The summed E-state index contributed by atoms with van der Waals surface area (Å²) in [5.41, 5.74) is -0.944. The number of carboxylic acid groups (broad SMARTS) is 1. The van der Waals surface area contributed by atoms with E-state index in [4.69, 9.17) is 5.11 Å². The van der Waals surface area contributed by atoms with Gasteiger partial charge >= 0.3 is 5.97 Å². The predicted molar refractivity (Wildman–Crippen MR) is 47.3 cm³/mol. The van der Waals surface area contributed by atoms with Gasteiger partial charge in [0, 0.05) is 12.4 Å². The van der Waals surface area contributed by atoms with Gasteiger partial charge in [0.2, 0.25) is 0 Å². The molecular formula is C8H13N3O2. The van der Waals surface area contributed by atoms with Crippen LogP contribution >= 0.6 is 0 Å². The fourth-order valence-corrected chi connectivity index (χ4v) is 0.999. The smallest absolute Gasteiger partial charge is 0.325 e. The third kappa shape index (κ3) is 2.06. The molecule has 0 fully saturated rings. The van der Waals surface area contributed by atoms with Gasteiger partial charge < -0.3 is 15.0 Å². The Morgan fingerprint density at radius 2 is 2.46 bits per heavy atom. The maximum Gasteiger partial charge on any atom is 0.325 e. The molecule has 0 saturated heterocycles. The molecule has 5 heteroatoms. The topological polar surface area (TPSA) is 67.2 Å². The quantitative estimate of drug-likeness (QED) is 0.686. The monoisotopic (exact) mass is 183 g/mol. The van der Waals surface area contributed by atoms with Crippen molar-refractivity contribution < 1.29 is 9.90 Å². The van der Waals surface area contributed by atoms with Crippen molar-refractivity contribution in [3.8, 4) is 0 Å². The molecule has 1 aromatic heterocycles. The highest BCUT2D eigenvalue weighted by Gasteiger charge is 2.31. The van der Waals surface area contributed by atoms with Crippen molar-refractivity contribution in [1.29, 1.82) is 0 Å². The summed E-state index contributed by atoms with van der Waals surface area (Å²) < 4.78 is 1.73. The van der Waals surface area contributed by atoms with Gasteiger partial charge in [0.05, 0.1) is 12.9 Å². The molecular weight excluding hydrogens is 170 g/mol. The third-order valence-corrected chi connectivity index (χ3v) is 2.08. The van der Waals surface area contributed by atoms with Gasteiger partial charge in [-0.15, -0.1) is 0 Å². The van der Waals surface area contributed by atoms with E-state index in [9.17, 15) is 4.79 Å². The van der Waals surface area contributed by atoms with Crippen LogP contribution in [-0.4, -0.2) is 33.2 Å². The van der Waals surface area contributed by atoms with Crippen LogP contribution in [0.5, 0.6) is 0 Å². The maximum atomic E-state index is 10.9. The summed E-state index contributed by atoms with van der Waals surface area (Å²) in [6.45, 7) is 1.99. The molecule has 0 aliphatic heterocycles. The second-order valence-corrected chi connectivity index (χ2v) is 3.12. The van der Waals surface area contributed by atoms with Crippen LogP contribution < -0.4 is 5.32 Å². The zero-order chi connectivity index (χ0) is 9.90. The van der Waals surface area contributed by atoms with Gasteiger partial charge in [0.1, 0.15) is 5.54 Å². The van der Waals surface area contributed by atoms with E-state index in [-0.39, 0.29) is 0 Å². The highest BCUT2D eigenvalue weighted by molar-refractivity contribution is 5.78. The molecule has 0 bridgehead atoms. The van der Waals surface area contributed by atoms with Crippen LogP contribution in [-0.2, 0) is 11.3 Å². The number of likely N-dealkylation sites (N-methyl/N-ethyl adjacent to an activating group) is 1. The molecule has 1 unspecified atom stereocenters. The van der Waals surface area contributed by atoms with E-state index in [1.807, 2.05) is 0 Å². The van der Waals surface area contributed by atoms with Crippen molar-refractivity contribution in [3.05, 3.63) is 18.7 Å². The normalized spacial score (nSPS) is 15.2. The molecule has 0 radical (unpaired) electrons. The second kappa shape index (κ2) is 3.57. The van der Waals surface area contributed by atoms with Crippen LogP contribution in [0, 0.1) is 0 Å². The molecule has 5 nitrogen and oxygen atoms in total. The highest BCUT2D eigenvalue weighted by Crippen LogP contribution is 2.06. The van der Waals surface area contributed by atoms with E-state index in [1.165, 1.54) is 0 Å². The number of nitrogens with one attached hydrogen (secondary N) is 1. The summed E-state index contributed by atoms with van der Waals surface area (Å²) in [6, 6.07) is 0. The van der Waals surface area contributed by atoms with Crippen molar-refractivity contribution in [3.63, 3.8) is 0 Å². The minimum absolute atomic E-state index is 0.360. The average molecular weight is 183 g/mol. The van der Waals surface area contributed by atoms with Gasteiger partial charge in [-0.2, -0.15) is 0 Å². The van der Waals surface area contributed by atoms with Crippen LogP contribution in [0.15, 0.2) is 18.7 Å². The van der Waals surface area contributed by atoms with Crippen LogP contribution in [0.25, 0.3) is 0 Å². The molecule has 1 atom stereocenters. The zero-order valence-electron chi connectivity index (χ0n) is 7.69. The van der Waals surface area contributed by atoms with Gasteiger partial charge in [-0.1, -0.05) is 0 Å². The van der Waals surface area contributed by atoms with Gasteiger partial charge in [-0.25, -0.2) is 4.98 Å². The van der Waals surface area contributed by atoms with Gasteiger partial charge in [0.15, 0.2) is 0 Å². The number of nitrogens with zero attached hydrogens (tertiary/aromatic N) is 2. The first-order valence-corrected chi connectivity index (χ1v) is 3.96. The number of hydrogen-bond acceptors (Lipinski definition) is 3. The van der Waals surface area contributed by atoms with E-state index >= 15 is 0 Å². The van der Waals surface area contributed by atoms with Crippen molar-refractivity contribution >= 4 is 5.97 Å². The maximum absolute atomic E-state index is 10.9. The van der Waals surface area contributed by atoms with E-state index in [0.717, 1.165) is 0 Å². The summed E-state index contributed by atoms with van der Waals surface area (Å²) in [5, 5.41) is 11.7. The van der Waals surface area contributed by atoms with Gasteiger partial charge in [-0.3, -0.25) is 4.79 Å². The fourth-order valence-electron chi connectivity index (χ4n) is 0.999. The van der Waals surface area contributed by atoms with Gasteiger partial charge in [-0.05, 0) is 14.0 Å². The standard InChI is InChI=1S/C8H13N3O2/c1-8(9-2,7(12)13)5-11-4-3-10-6-11/h3-4,6,9H,5H2,1-2H3,(H,12,13). The summed E-state index contributed by atoms with van der Waals surface area (Å²) in [6.07, 6.45) is 4.95. The first kappa shape index (κ1) is 9.73. The van der Waals surface area contributed by atoms with Crippen LogP contribution in [0.4, 0.5) is 0 Å². The first-order valence-electron chi connectivity index (χ1n) is 3.96. The molecule has 1 rings (SSSR count). The Labute approximate surface area is 76.4 Å². The summed E-state index contributed by atoms with van der Waals surface area (Å²) in [7, 11) is 1.63. The number of aromatic nitrogens is 2. The lowest BCUT2D eigenvalue weighted by Gasteiger charge is -2.24. The van der Waals surface area contributed by atoms with Crippen molar-refractivity contribution in [2.45, 2.75) is 19.0 Å². The Hall–Kier alpha value is -1.36. The zero-order valence-corrected chi connectivity index (χ0v) is 7.69. The molecule has 0 spiro atoms. The Morgan fingerprint density at radius 3 is 2.85 bits per heavy atom. The Kier molecular flexibility index (Phi) is 2.67. The minimum atomic E-state index is -0.944. The molecule has 1 heterocycles. The van der Waals surface area contributed by atoms with Gasteiger partial charge in [0.25, 0.3) is 0 Å². The Bertz CT molecular complexity index is 284. The first-order chi connectivity index (χ1) is 6.08. The Morgan fingerprint density at radius 1 is 1.77 bits per heavy atom. The molecule has 13 heavy (non-hydrogen) atoms. The lowest BCUT2D eigenvalue weighted by atomic mass is 10.0.